The lowest BCUT2D eigenvalue weighted by Crippen LogP contribution is -2.49. The first kappa shape index (κ1) is 19.7. The van der Waals surface area contributed by atoms with Crippen LogP contribution in [0.5, 0.6) is 0 Å². The van der Waals surface area contributed by atoms with Crippen LogP contribution in [0.1, 0.15) is 44.6 Å². The molecular formula is C20H25F3N2O2. The van der Waals surface area contributed by atoms with Gasteiger partial charge in [-0.15, -0.1) is 0 Å². The van der Waals surface area contributed by atoms with Crippen LogP contribution >= 0.6 is 0 Å². The van der Waals surface area contributed by atoms with Gasteiger partial charge in [0.25, 0.3) is 0 Å². The number of carbonyl (C=O) groups is 2. The Balaban J connectivity index is 1.64. The molecule has 1 aromatic rings. The molecule has 1 aromatic carbocycles. The van der Waals surface area contributed by atoms with Crippen molar-refractivity contribution in [2.24, 2.45) is 11.8 Å². The molecule has 3 unspecified atom stereocenters. The van der Waals surface area contributed by atoms with E-state index in [1.54, 1.807) is 4.90 Å². The second kappa shape index (κ2) is 7.90. The van der Waals surface area contributed by atoms with Crippen molar-refractivity contribution in [3.63, 3.8) is 0 Å². The second-order valence-electron chi connectivity index (χ2n) is 7.47. The van der Waals surface area contributed by atoms with E-state index in [2.05, 4.69) is 5.32 Å². The molecule has 1 saturated carbocycles. The minimum atomic E-state index is -4.31. The van der Waals surface area contributed by atoms with Gasteiger partial charge in [-0.3, -0.25) is 9.59 Å². The minimum Gasteiger partial charge on any atom is -0.352 e. The molecule has 148 valence electrons. The summed E-state index contributed by atoms with van der Waals surface area (Å²) in [4.78, 5) is 26.4. The van der Waals surface area contributed by atoms with Crippen LogP contribution in [-0.2, 0) is 16.0 Å². The van der Waals surface area contributed by atoms with Gasteiger partial charge in [-0.05, 0) is 37.0 Å². The first-order valence-corrected chi connectivity index (χ1v) is 9.56. The van der Waals surface area contributed by atoms with Crippen LogP contribution in [0.4, 0.5) is 18.9 Å². The molecule has 1 N–H and O–H groups in total. The molecule has 1 saturated heterocycles. The SMILES string of the molecule is CCc1ccc(N2CC(C(=O)NC3CCCCC3C(F)(F)F)CC2=O)cc1. The summed E-state index contributed by atoms with van der Waals surface area (Å²) in [5.41, 5.74) is 1.87. The fourth-order valence-electron chi connectivity index (χ4n) is 4.04. The van der Waals surface area contributed by atoms with Crippen molar-refractivity contribution in [1.82, 2.24) is 5.32 Å². The maximum absolute atomic E-state index is 13.2. The van der Waals surface area contributed by atoms with Gasteiger partial charge in [0.05, 0.1) is 11.8 Å². The van der Waals surface area contributed by atoms with Crippen molar-refractivity contribution < 1.29 is 22.8 Å². The highest BCUT2D eigenvalue weighted by Crippen LogP contribution is 2.38. The first-order valence-electron chi connectivity index (χ1n) is 9.56. The average Bonchev–Trinajstić information content (AvgIpc) is 3.03. The molecule has 7 heteroatoms. The zero-order valence-corrected chi connectivity index (χ0v) is 15.4. The number of nitrogens with zero attached hydrogens (tertiary/aromatic N) is 1. The summed E-state index contributed by atoms with van der Waals surface area (Å²) >= 11 is 0. The molecule has 2 aliphatic rings. The number of nitrogens with one attached hydrogen (secondary N) is 1. The predicted molar refractivity (Wildman–Crippen MR) is 96.2 cm³/mol. The number of hydrogen-bond donors (Lipinski definition) is 1. The van der Waals surface area contributed by atoms with Crippen molar-refractivity contribution in [3.8, 4) is 0 Å². The molecular weight excluding hydrogens is 357 g/mol. The maximum atomic E-state index is 13.2. The predicted octanol–water partition coefficient (Wildman–Crippen LogP) is 3.84. The molecule has 0 bridgehead atoms. The molecule has 1 heterocycles. The number of anilines is 1. The van der Waals surface area contributed by atoms with Crippen molar-refractivity contribution in [2.75, 3.05) is 11.4 Å². The summed E-state index contributed by atoms with van der Waals surface area (Å²) < 4.78 is 39.6. The Morgan fingerprint density at radius 1 is 1.19 bits per heavy atom. The Hall–Kier alpha value is -2.05. The van der Waals surface area contributed by atoms with E-state index in [0.29, 0.717) is 19.3 Å². The Morgan fingerprint density at radius 2 is 1.85 bits per heavy atom. The number of rotatable bonds is 4. The van der Waals surface area contributed by atoms with Crippen molar-refractivity contribution in [2.45, 2.75) is 57.7 Å². The van der Waals surface area contributed by atoms with Gasteiger partial charge in [-0.25, -0.2) is 0 Å². The topological polar surface area (TPSA) is 49.4 Å². The van der Waals surface area contributed by atoms with Crippen LogP contribution in [0.15, 0.2) is 24.3 Å². The van der Waals surface area contributed by atoms with Gasteiger partial charge in [-0.1, -0.05) is 31.9 Å². The fraction of sp³-hybridized carbons (Fsp3) is 0.600. The summed E-state index contributed by atoms with van der Waals surface area (Å²) in [6.07, 6.45) is -1.80. The maximum Gasteiger partial charge on any atom is 0.393 e. The smallest absolute Gasteiger partial charge is 0.352 e. The summed E-state index contributed by atoms with van der Waals surface area (Å²) in [6, 6.07) is 6.67. The van der Waals surface area contributed by atoms with E-state index < -0.39 is 30.0 Å². The summed E-state index contributed by atoms with van der Waals surface area (Å²) in [6.45, 7) is 2.25. The van der Waals surface area contributed by atoms with Crippen LogP contribution in [0, 0.1) is 11.8 Å². The summed E-state index contributed by atoms with van der Waals surface area (Å²) in [5, 5.41) is 2.59. The van der Waals surface area contributed by atoms with E-state index >= 15 is 0 Å². The number of amides is 2. The van der Waals surface area contributed by atoms with Crippen molar-refractivity contribution >= 4 is 17.5 Å². The molecule has 1 aliphatic carbocycles. The highest BCUT2D eigenvalue weighted by molar-refractivity contribution is 6.00. The highest BCUT2D eigenvalue weighted by Gasteiger charge is 2.47. The molecule has 2 amide bonds. The number of benzene rings is 1. The van der Waals surface area contributed by atoms with E-state index in [-0.39, 0.29) is 25.3 Å². The van der Waals surface area contributed by atoms with Gasteiger partial charge in [0.15, 0.2) is 0 Å². The number of carbonyl (C=O) groups excluding carboxylic acids is 2. The lowest BCUT2D eigenvalue weighted by molar-refractivity contribution is -0.189. The van der Waals surface area contributed by atoms with Gasteiger partial charge < -0.3 is 10.2 Å². The molecule has 2 fully saturated rings. The van der Waals surface area contributed by atoms with Crippen molar-refractivity contribution in [1.29, 1.82) is 0 Å². The average molecular weight is 382 g/mol. The van der Waals surface area contributed by atoms with Crippen LogP contribution in [0.2, 0.25) is 0 Å². The molecule has 3 rings (SSSR count). The zero-order chi connectivity index (χ0) is 19.6. The lowest BCUT2D eigenvalue weighted by Gasteiger charge is -2.34. The van der Waals surface area contributed by atoms with E-state index in [9.17, 15) is 22.8 Å². The van der Waals surface area contributed by atoms with Crippen molar-refractivity contribution in [3.05, 3.63) is 29.8 Å². The highest BCUT2D eigenvalue weighted by atomic mass is 19.4. The van der Waals surface area contributed by atoms with Crippen LogP contribution in [0.3, 0.4) is 0 Å². The number of alkyl halides is 3. The molecule has 3 atom stereocenters. The molecule has 1 aliphatic heterocycles. The number of halogens is 3. The Morgan fingerprint density at radius 3 is 2.48 bits per heavy atom. The third-order valence-electron chi connectivity index (χ3n) is 5.67. The summed E-state index contributed by atoms with van der Waals surface area (Å²) in [7, 11) is 0. The normalized spacial score (nSPS) is 26.3. The van der Waals surface area contributed by atoms with E-state index in [0.717, 1.165) is 17.7 Å². The standard InChI is InChI=1S/C20H25F3N2O2/c1-2-13-7-9-15(10-8-13)25-12-14(11-18(25)26)19(27)24-17-6-4-3-5-16(17)20(21,22)23/h7-10,14,16-17H,2-6,11-12H2,1H3,(H,24,27). The zero-order valence-electron chi connectivity index (χ0n) is 15.4. The third kappa shape index (κ3) is 4.45. The minimum absolute atomic E-state index is 0.0325. The van der Waals surface area contributed by atoms with Crippen LogP contribution < -0.4 is 10.2 Å². The Kier molecular flexibility index (Phi) is 5.77. The largest absolute Gasteiger partial charge is 0.393 e. The van der Waals surface area contributed by atoms with Gasteiger partial charge in [0, 0.05) is 24.7 Å². The third-order valence-corrected chi connectivity index (χ3v) is 5.67. The van der Waals surface area contributed by atoms with E-state index in [1.807, 2.05) is 31.2 Å². The Labute approximate surface area is 157 Å². The van der Waals surface area contributed by atoms with E-state index in [1.165, 1.54) is 0 Å². The van der Waals surface area contributed by atoms with Gasteiger partial charge in [0.2, 0.25) is 11.8 Å². The van der Waals surface area contributed by atoms with E-state index in [4.69, 9.17) is 0 Å². The Bertz CT molecular complexity index is 687. The molecule has 0 spiro atoms. The van der Waals surface area contributed by atoms with Gasteiger partial charge in [-0.2, -0.15) is 13.2 Å². The van der Waals surface area contributed by atoms with Crippen LogP contribution in [0.25, 0.3) is 0 Å². The second-order valence-corrected chi connectivity index (χ2v) is 7.47. The quantitative estimate of drug-likeness (QED) is 0.860. The van der Waals surface area contributed by atoms with Crippen LogP contribution in [-0.4, -0.2) is 30.6 Å². The van der Waals surface area contributed by atoms with Gasteiger partial charge >= 0.3 is 6.18 Å². The molecule has 27 heavy (non-hydrogen) atoms. The lowest BCUT2D eigenvalue weighted by atomic mass is 9.83. The molecule has 4 nitrogen and oxygen atoms in total. The fourth-order valence-corrected chi connectivity index (χ4v) is 4.04. The molecule has 0 aromatic heterocycles. The number of aryl methyl sites for hydroxylation is 1. The molecule has 0 radical (unpaired) electrons. The number of hydrogen-bond acceptors (Lipinski definition) is 2. The van der Waals surface area contributed by atoms with Gasteiger partial charge in [0.1, 0.15) is 0 Å². The monoisotopic (exact) mass is 382 g/mol. The summed E-state index contributed by atoms with van der Waals surface area (Å²) in [5.74, 6) is -2.73. The first-order chi connectivity index (χ1) is 12.8.